The standard InChI is InChI=1S/C23H19BrN2O4S2/c24-17-11-12-20-21-16-25(31(27,28)18-7-3-1-4-8-18)14-13-22(21)26(23(20)15-17)32(29,30)19-9-5-2-6-10-19/h1-12,15H,13-14,16H2. The van der Waals surface area contributed by atoms with E-state index in [0.717, 1.165) is 15.4 Å². The van der Waals surface area contributed by atoms with Crippen molar-refractivity contribution in [2.45, 2.75) is 22.8 Å². The number of nitrogens with zero attached hydrogens (tertiary/aromatic N) is 2. The van der Waals surface area contributed by atoms with Gasteiger partial charge in [-0.25, -0.2) is 20.8 Å². The first kappa shape index (κ1) is 21.4. The second kappa shape index (κ2) is 7.84. The fraction of sp³-hybridized carbons (Fsp3) is 0.130. The van der Waals surface area contributed by atoms with Crippen LogP contribution < -0.4 is 0 Å². The van der Waals surface area contributed by atoms with Crippen molar-refractivity contribution in [1.82, 2.24) is 8.28 Å². The minimum absolute atomic E-state index is 0.113. The van der Waals surface area contributed by atoms with E-state index in [2.05, 4.69) is 15.9 Å². The number of fused-ring (bicyclic) bond motifs is 3. The number of rotatable bonds is 4. The van der Waals surface area contributed by atoms with E-state index in [-0.39, 0.29) is 22.9 Å². The van der Waals surface area contributed by atoms with Crippen LogP contribution in [-0.2, 0) is 33.0 Å². The number of hydrogen-bond donors (Lipinski definition) is 0. The molecule has 0 saturated carbocycles. The summed E-state index contributed by atoms with van der Waals surface area (Å²) in [5.41, 5.74) is 1.88. The maximum Gasteiger partial charge on any atom is 0.268 e. The number of sulfonamides is 1. The van der Waals surface area contributed by atoms with E-state index in [1.54, 1.807) is 66.7 Å². The molecular weight excluding hydrogens is 512 g/mol. The maximum atomic E-state index is 13.6. The maximum absolute atomic E-state index is 13.6. The lowest BCUT2D eigenvalue weighted by molar-refractivity contribution is 0.390. The zero-order valence-electron chi connectivity index (χ0n) is 16.8. The molecule has 0 aliphatic carbocycles. The monoisotopic (exact) mass is 530 g/mol. The summed E-state index contributed by atoms with van der Waals surface area (Å²) in [6.45, 7) is 0.314. The summed E-state index contributed by atoms with van der Waals surface area (Å²) in [6, 6.07) is 22.0. The summed E-state index contributed by atoms with van der Waals surface area (Å²) in [4.78, 5) is 0.422. The molecule has 0 bridgehead atoms. The van der Waals surface area contributed by atoms with E-state index in [0.29, 0.717) is 17.6 Å². The second-order valence-electron chi connectivity index (χ2n) is 7.57. The van der Waals surface area contributed by atoms with Gasteiger partial charge in [0, 0.05) is 35.1 Å². The largest absolute Gasteiger partial charge is 0.268 e. The van der Waals surface area contributed by atoms with Crippen molar-refractivity contribution < 1.29 is 16.8 Å². The van der Waals surface area contributed by atoms with Crippen molar-refractivity contribution in [3.63, 3.8) is 0 Å². The van der Waals surface area contributed by atoms with E-state index in [1.807, 2.05) is 12.1 Å². The Hall–Kier alpha value is -2.46. The van der Waals surface area contributed by atoms with Crippen LogP contribution in [-0.4, -0.2) is 31.7 Å². The molecule has 0 amide bonds. The summed E-state index contributed by atoms with van der Waals surface area (Å²) < 4.78 is 57.2. The molecule has 1 aromatic heterocycles. The van der Waals surface area contributed by atoms with Crippen molar-refractivity contribution in [2.75, 3.05) is 6.54 Å². The lowest BCUT2D eigenvalue weighted by Crippen LogP contribution is -2.36. The predicted octanol–water partition coefficient (Wildman–Crippen LogP) is 4.39. The Balaban J connectivity index is 1.69. The molecule has 5 rings (SSSR count). The van der Waals surface area contributed by atoms with Crippen LogP contribution in [0.15, 0.2) is 93.1 Å². The van der Waals surface area contributed by atoms with Gasteiger partial charge in [0.1, 0.15) is 0 Å². The van der Waals surface area contributed by atoms with Crippen molar-refractivity contribution >= 4 is 46.9 Å². The highest BCUT2D eigenvalue weighted by Crippen LogP contribution is 2.36. The molecule has 0 spiro atoms. The molecule has 3 aromatic carbocycles. The molecular formula is C23H19BrN2O4S2. The van der Waals surface area contributed by atoms with Gasteiger partial charge in [-0.1, -0.05) is 58.4 Å². The average molecular weight is 531 g/mol. The number of halogens is 1. The molecule has 1 aliphatic heterocycles. The SMILES string of the molecule is O=S(=O)(c1ccccc1)N1CCc2c(c3ccc(Br)cc3n2S(=O)(=O)c2ccccc2)C1. The highest BCUT2D eigenvalue weighted by Gasteiger charge is 2.34. The summed E-state index contributed by atoms with van der Waals surface area (Å²) in [6.07, 6.45) is 0.291. The molecule has 0 fully saturated rings. The van der Waals surface area contributed by atoms with Crippen LogP contribution in [0.2, 0.25) is 0 Å². The van der Waals surface area contributed by atoms with Crippen LogP contribution in [0.4, 0.5) is 0 Å². The molecule has 6 nitrogen and oxygen atoms in total. The van der Waals surface area contributed by atoms with Crippen molar-refractivity contribution in [2.24, 2.45) is 0 Å². The van der Waals surface area contributed by atoms with Gasteiger partial charge in [0.25, 0.3) is 10.0 Å². The first-order valence-electron chi connectivity index (χ1n) is 9.98. The Kier molecular flexibility index (Phi) is 5.24. The molecule has 0 unspecified atom stereocenters. The van der Waals surface area contributed by atoms with E-state index in [4.69, 9.17) is 0 Å². The first-order valence-corrected chi connectivity index (χ1v) is 13.6. The molecule has 0 radical (unpaired) electrons. The van der Waals surface area contributed by atoms with Gasteiger partial charge in [0.15, 0.2) is 0 Å². The molecule has 9 heteroatoms. The average Bonchev–Trinajstić information content (AvgIpc) is 3.13. The van der Waals surface area contributed by atoms with Gasteiger partial charge < -0.3 is 0 Å². The Labute approximate surface area is 195 Å². The molecule has 1 aliphatic rings. The zero-order valence-corrected chi connectivity index (χ0v) is 20.1. The normalized spacial score (nSPS) is 15.0. The van der Waals surface area contributed by atoms with E-state index in [1.165, 1.54) is 8.28 Å². The molecule has 0 atom stereocenters. The fourth-order valence-corrected chi connectivity index (χ4v) is 7.58. The number of aromatic nitrogens is 1. The Morgan fingerprint density at radius 1 is 0.750 bits per heavy atom. The molecule has 164 valence electrons. The third kappa shape index (κ3) is 3.40. The van der Waals surface area contributed by atoms with Crippen LogP contribution in [0.1, 0.15) is 11.3 Å². The van der Waals surface area contributed by atoms with Crippen LogP contribution in [0, 0.1) is 0 Å². The van der Waals surface area contributed by atoms with E-state index < -0.39 is 20.0 Å². The van der Waals surface area contributed by atoms with Gasteiger partial charge in [0.05, 0.1) is 15.3 Å². The quantitative estimate of drug-likeness (QED) is 0.392. The summed E-state index contributed by atoms with van der Waals surface area (Å²) >= 11 is 3.44. The van der Waals surface area contributed by atoms with Crippen molar-refractivity contribution in [3.05, 3.63) is 94.6 Å². The smallest absolute Gasteiger partial charge is 0.238 e. The summed E-state index contributed by atoms with van der Waals surface area (Å²) in [5.74, 6) is 0. The predicted molar refractivity (Wildman–Crippen MR) is 126 cm³/mol. The summed E-state index contributed by atoms with van der Waals surface area (Å²) in [5, 5.41) is 0.732. The fourth-order valence-electron chi connectivity index (χ4n) is 4.19. The highest BCUT2D eigenvalue weighted by molar-refractivity contribution is 9.10. The Bertz CT molecular complexity index is 1530. The van der Waals surface area contributed by atoms with Gasteiger partial charge in [0.2, 0.25) is 10.0 Å². The highest BCUT2D eigenvalue weighted by atomic mass is 79.9. The van der Waals surface area contributed by atoms with Crippen molar-refractivity contribution in [3.8, 4) is 0 Å². The zero-order chi connectivity index (χ0) is 22.5. The Morgan fingerprint density at radius 2 is 1.34 bits per heavy atom. The van der Waals surface area contributed by atoms with Crippen molar-refractivity contribution in [1.29, 1.82) is 0 Å². The third-order valence-corrected chi connectivity index (χ3v) is 9.81. The van der Waals surface area contributed by atoms with Gasteiger partial charge >= 0.3 is 0 Å². The molecule has 0 saturated heterocycles. The molecule has 0 N–H and O–H groups in total. The van der Waals surface area contributed by atoms with Crippen LogP contribution in [0.5, 0.6) is 0 Å². The van der Waals surface area contributed by atoms with Crippen LogP contribution >= 0.6 is 15.9 Å². The second-order valence-corrected chi connectivity index (χ2v) is 12.2. The number of hydrogen-bond acceptors (Lipinski definition) is 4. The topological polar surface area (TPSA) is 76.5 Å². The van der Waals surface area contributed by atoms with Gasteiger partial charge in [-0.2, -0.15) is 4.31 Å². The lowest BCUT2D eigenvalue weighted by atomic mass is 10.1. The number of benzene rings is 3. The van der Waals surface area contributed by atoms with Crippen LogP contribution in [0.25, 0.3) is 10.9 Å². The first-order chi connectivity index (χ1) is 15.3. The molecule has 2 heterocycles. The Morgan fingerprint density at radius 3 is 1.97 bits per heavy atom. The molecule has 32 heavy (non-hydrogen) atoms. The lowest BCUT2D eigenvalue weighted by Gasteiger charge is -2.27. The third-order valence-electron chi connectivity index (χ3n) is 5.69. The van der Waals surface area contributed by atoms with E-state index >= 15 is 0 Å². The van der Waals surface area contributed by atoms with Gasteiger partial charge in [-0.3, -0.25) is 0 Å². The minimum atomic E-state index is -3.86. The van der Waals surface area contributed by atoms with E-state index in [9.17, 15) is 16.8 Å². The minimum Gasteiger partial charge on any atom is -0.238 e. The summed E-state index contributed by atoms with van der Waals surface area (Å²) in [7, 11) is -7.55. The van der Waals surface area contributed by atoms with Gasteiger partial charge in [-0.05, 0) is 42.0 Å². The molecule has 4 aromatic rings. The van der Waals surface area contributed by atoms with Crippen LogP contribution in [0.3, 0.4) is 0 Å². The van der Waals surface area contributed by atoms with Gasteiger partial charge in [-0.15, -0.1) is 0 Å².